The number of ketones is 3. The van der Waals surface area contributed by atoms with Gasteiger partial charge < -0.3 is 10.6 Å². The third kappa shape index (κ3) is 3.19. The van der Waals surface area contributed by atoms with E-state index in [1.165, 1.54) is 13.8 Å². The van der Waals surface area contributed by atoms with Crippen LogP contribution in [0.4, 0.5) is 5.69 Å². The van der Waals surface area contributed by atoms with Gasteiger partial charge in [-0.05, 0) is 42.7 Å². The molecule has 0 aliphatic carbocycles. The number of hydrogen-bond acceptors (Lipinski definition) is 6. The highest BCUT2D eigenvalue weighted by atomic mass is 16.2. The van der Waals surface area contributed by atoms with Crippen LogP contribution in [-0.4, -0.2) is 23.6 Å². The van der Waals surface area contributed by atoms with Crippen LogP contribution >= 0.6 is 0 Å². The molecule has 0 spiro atoms. The van der Waals surface area contributed by atoms with Crippen LogP contribution in [0.25, 0.3) is 0 Å². The van der Waals surface area contributed by atoms with Gasteiger partial charge in [-0.3, -0.25) is 19.2 Å². The molecule has 1 unspecified atom stereocenters. The predicted octanol–water partition coefficient (Wildman–Crippen LogP) is 2.38. The monoisotopic (exact) mass is 364 g/mol. The molecule has 0 saturated carbocycles. The van der Waals surface area contributed by atoms with E-state index in [2.05, 4.69) is 0 Å². The van der Waals surface area contributed by atoms with Gasteiger partial charge in [0, 0.05) is 24.2 Å². The van der Waals surface area contributed by atoms with Gasteiger partial charge in [0.2, 0.25) is 5.78 Å². The number of carbonyl (C=O) groups is 4. The number of anilines is 1. The summed E-state index contributed by atoms with van der Waals surface area (Å²) in [5, 5.41) is 0. The minimum absolute atomic E-state index is 0.178. The summed E-state index contributed by atoms with van der Waals surface area (Å²) in [5.74, 6) is -1.10. The summed E-state index contributed by atoms with van der Waals surface area (Å²) in [7, 11) is 0. The van der Waals surface area contributed by atoms with Gasteiger partial charge in [0.1, 0.15) is 6.04 Å². The van der Waals surface area contributed by atoms with Crippen molar-refractivity contribution in [1.29, 1.82) is 0 Å². The number of fused-ring (bicyclic) bond motifs is 1. The summed E-state index contributed by atoms with van der Waals surface area (Å²) in [4.78, 5) is 50.1. The minimum atomic E-state index is -0.862. The van der Waals surface area contributed by atoms with E-state index >= 15 is 0 Å². The van der Waals surface area contributed by atoms with Crippen molar-refractivity contribution < 1.29 is 19.2 Å². The smallest absolute Gasteiger partial charge is 0.222 e. The molecular formula is C21H20N2O4. The van der Waals surface area contributed by atoms with Crippen LogP contribution in [0.5, 0.6) is 0 Å². The average molecular weight is 364 g/mol. The molecule has 0 saturated heterocycles. The summed E-state index contributed by atoms with van der Waals surface area (Å²) >= 11 is 0. The van der Waals surface area contributed by atoms with Gasteiger partial charge in [0.05, 0.1) is 5.69 Å². The molecule has 0 amide bonds. The number of carbonyl (C=O) groups excluding carboxylic acids is 4. The van der Waals surface area contributed by atoms with Gasteiger partial charge in [-0.1, -0.05) is 24.3 Å². The number of rotatable bonds is 6. The lowest BCUT2D eigenvalue weighted by Gasteiger charge is -2.29. The first-order valence-corrected chi connectivity index (χ1v) is 8.61. The van der Waals surface area contributed by atoms with Crippen molar-refractivity contribution in [2.24, 2.45) is 5.73 Å². The summed E-state index contributed by atoms with van der Waals surface area (Å²) in [6.07, 6.45) is 0.287. The van der Waals surface area contributed by atoms with Crippen molar-refractivity contribution in [2.45, 2.75) is 33.0 Å². The van der Waals surface area contributed by atoms with Crippen molar-refractivity contribution in [1.82, 2.24) is 0 Å². The van der Waals surface area contributed by atoms with E-state index in [0.717, 1.165) is 5.56 Å². The zero-order valence-electron chi connectivity index (χ0n) is 15.2. The predicted molar refractivity (Wildman–Crippen MR) is 101 cm³/mol. The first-order valence-electron chi connectivity index (χ1n) is 8.61. The van der Waals surface area contributed by atoms with Gasteiger partial charge in [-0.2, -0.15) is 0 Å². The highest BCUT2D eigenvalue weighted by Gasteiger charge is 2.38. The average Bonchev–Trinajstić information content (AvgIpc) is 3.05. The number of aldehydes is 1. The Labute approximate surface area is 157 Å². The van der Waals surface area contributed by atoms with Crippen LogP contribution in [0.2, 0.25) is 0 Å². The molecule has 3 rings (SSSR count). The zero-order valence-corrected chi connectivity index (χ0v) is 15.2. The molecule has 6 heteroatoms. The van der Waals surface area contributed by atoms with Crippen molar-refractivity contribution in [3.8, 4) is 0 Å². The van der Waals surface area contributed by atoms with Gasteiger partial charge in [0.15, 0.2) is 17.9 Å². The molecule has 2 N–H and O–H groups in total. The van der Waals surface area contributed by atoms with Crippen molar-refractivity contribution in [3.05, 3.63) is 64.2 Å². The third-order valence-corrected chi connectivity index (χ3v) is 4.84. The number of nitrogens with zero attached hydrogens (tertiary/aromatic N) is 1. The quantitative estimate of drug-likeness (QED) is 0.480. The van der Waals surface area contributed by atoms with E-state index in [4.69, 9.17) is 5.73 Å². The maximum atomic E-state index is 12.4. The first kappa shape index (κ1) is 18.7. The first-order chi connectivity index (χ1) is 12.9. The molecule has 0 bridgehead atoms. The molecule has 27 heavy (non-hydrogen) atoms. The number of Topliss-reactive ketones (excluding diaryl/α,β-unsaturated/α-hetero) is 3. The lowest BCUT2D eigenvalue weighted by Crippen LogP contribution is -2.31. The van der Waals surface area contributed by atoms with E-state index in [0.29, 0.717) is 34.5 Å². The van der Waals surface area contributed by atoms with Crippen LogP contribution in [0.3, 0.4) is 0 Å². The molecule has 0 fully saturated rings. The summed E-state index contributed by atoms with van der Waals surface area (Å²) in [5.41, 5.74) is 8.98. The standard InChI is InChI=1S/C21H20N2O4/c1-12(25)17-7-14(9-22)8-18(13(2)26)20(17)23-10-15-5-3-4-6-16(15)21(23)19(27)11-24/h3-8,11,21H,9-10,22H2,1-2H3. The van der Waals surface area contributed by atoms with Crippen LogP contribution in [0.15, 0.2) is 36.4 Å². The Bertz CT molecular complexity index is 929. The van der Waals surface area contributed by atoms with E-state index in [-0.39, 0.29) is 24.4 Å². The lowest BCUT2D eigenvalue weighted by molar-refractivity contribution is -0.130. The van der Waals surface area contributed by atoms with Crippen LogP contribution < -0.4 is 10.6 Å². The van der Waals surface area contributed by atoms with E-state index in [1.807, 2.05) is 12.1 Å². The van der Waals surface area contributed by atoms with Gasteiger partial charge >= 0.3 is 0 Å². The lowest BCUT2D eigenvalue weighted by atomic mass is 9.95. The van der Waals surface area contributed by atoms with Gasteiger partial charge in [-0.15, -0.1) is 0 Å². The molecule has 2 aromatic rings. The zero-order chi connectivity index (χ0) is 19.7. The van der Waals surface area contributed by atoms with Crippen molar-refractivity contribution >= 4 is 29.3 Å². The Morgan fingerprint density at radius 1 is 1.11 bits per heavy atom. The Kier molecular flexibility index (Phi) is 5.01. The summed E-state index contributed by atoms with van der Waals surface area (Å²) in [6, 6.07) is 9.73. The van der Waals surface area contributed by atoms with E-state index in [1.54, 1.807) is 29.2 Å². The molecule has 1 heterocycles. The van der Waals surface area contributed by atoms with Crippen LogP contribution in [-0.2, 0) is 22.7 Å². The fourth-order valence-corrected chi connectivity index (χ4v) is 3.63. The maximum Gasteiger partial charge on any atom is 0.222 e. The summed E-state index contributed by atoms with van der Waals surface area (Å²) in [6.45, 7) is 3.31. The Hall–Kier alpha value is -3.12. The normalized spacial score (nSPS) is 15.4. The molecule has 1 atom stereocenters. The van der Waals surface area contributed by atoms with E-state index in [9.17, 15) is 19.2 Å². The van der Waals surface area contributed by atoms with Crippen LogP contribution in [0, 0.1) is 0 Å². The number of benzene rings is 2. The molecule has 1 aliphatic rings. The second-order valence-electron chi connectivity index (χ2n) is 6.61. The molecule has 2 aromatic carbocycles. The van der Waals surface area contributed by atoms with E-state index < -0.39 is 11.8 Å². The van der Waals surface area contributed by atoms with Gasteiger partial charge in [0.25, 0.3) is 0 Å². The fraction of sp³-hybridized carbons (Fsp3) is 0.238. The van der Waals surface area contributed by atoms with Crippen molar-refractivity contribution in [3.63, 3.8) is 0 Å². The molecular weight excluding hydrogens is 344 g/mol. The maximum absolute atomic E-state index is 12.4. The Morgan fingerprint density at radius 3 is 2.22 bits per heavy atom. The third-order valence-electron chi connectivity index (χ3n) is 4.84. The minimum Gasteiger partial charge on any atom is -0.351 e. The second-order valence-corrected chi connectivity index (χ2v) is 6.61. The largest absolute Gasteiger partial charge is 0.351 e. The van der Waals surface area contributed by atoms with Gasteiger partial charge in [-0.25, -0.2) is 0 Å². The summed E-state index contributed by atoms with van der Waals surface area (Å²) < 4.78 is 0. The number of hydrogen-bond donors (Lipinski definition) is 1. The molecule has 1 aliphatic heterocycles. The highest BCUT2D eigenvalue weighted by molar-refractivity contribution is 6.29. The van der Waals surface area contributed by atoms with Crippen molar-refractivity contribution in [2.75, 3.05) is 4.90 Å². The molecule has 0 radical (unpaired) electrons. The SMILES string of the molecule is CC(=O)c1cc(CN)cc(C(C)=O)c1N1Cc2ccccc2C1C(=O)C=O. The fourth-order valence-electron chi connectivity index (χ4n) is 3.63. The highest BCUT2D eigenvalue weighted by Crippen LogP contribution is 2.41. The van der Waals surface area contributed by atoms with Crippen LogP contribution in [0.1, 0.15) is 57.3 Å². The second kappa shape index (κ2) is 7.25. The molecule has 0 aromatic heterocycles. The Balaban J connectivity index is 2.29. The topological polar surface area (TPSA) is 97.5 Å². The molecule has 138 valence electrons. The molecule has 6 nitrogen and oxygen atoms in total. The Morgan fingerprint density at radius 2 is 1.70 bits per heavy atom. The number of nitrogens with two attached hydrogens (primary N) is 1.